The second kappa shape index (κ2) is 7.62. The third-order valence-electron chi connectivity index (χ3n) is 5.83. The maximum atomic E-state index is 11.6. The number of fused-ring (bicyclic) bond motifs is 3. The van der Waals surface area contributed by atoms with Gasteiger partial charge in [-0.15, -0.1) is 0 Å². The highest BCUT2D eigenvalue weighted by atomic mass is 16.6. The fraction of sp³-hybridized carbons (Fsp3) is 0.304. The van der Waals surface area contributed by atoms with Crippen LogP contribution in [0.1, 0.15) is 45.4 Å². The number of allylic oxidation sites excluding steroid dienone is 2. The van der Waals surface area contributed by atoms with Gasteiger partial charge in [0.2, 0.25) is 0 Å². The minimum absolute atomic E-state index is 0.00641. The zero-order valence-corrected chi connectivity index (χ0v) is 16.3. The van der Waals surface area contributed by atoms with Crippen molar-refractivity contribution in [1.82, 2.24) is 0 Å². The number of ether oxygens (including phenoxy) is 2. The van der Waals surface area contributed by atoms with Gasteiger partial charge in [-0.25, -0.2) is 9.59 Å². The Balaban J connectivity index is 1.69. The van der Waals surface area contributed by atoms with E-state index in [1.54, 1.807) is 12.1 Å². The third kappa shape index (κ3) is 3.46. The highest BCUT2D eigenvalue weighted by Crippen LogP contribution is 2.51. The van der Waals surface area contributed by atoms with Crippen molar-refractivity contribution >= 4 is 17.6 Å². The maximum Gasteiger partial charge on any atom is 0.343 e. The lowest BCUT2D eigenvalue weighted by molar-refractivity contribution is -0.142. The number of nitrogens with one attached hydrogen (secondary N) is 1. The van der Waals surface area contributed by atoms with Gasteiger partial charge in [0.25, 0.3) is 0 Å². The molecule has 0 fully saturated rings. The van der Waals surface area contributed by atoms with Gasteiger partial charge in [-0.1, -0.05) is 30.4 Å². The normalized spacial score (nSPS) is 21.7. The third-order valence-corrected chi connectivity index (χ3v) is 5.83. The number of hydrogen-bond acceptors (Lipinski definition) is 5. The smallest absolute Gasteiger partial charge is 0.343 e. The highest BCUT2D eigenvalue weighted by Gasteiger charge is 2.39. The molecular weight excluding hydrogens is 370 g/mol. The summed E-state index contributed by atoms with van der Waals surface area (Å²) in [4.78, 5) is 23.0. The first-order chi connectivity index (χ1) is 14.0. The molecule has 0 bridgehead atoms. The molecule has 0 aromatic heterocycles. The molecule has 3 atom stereocenters. The molecule has 1 aliphatic heterocycles. The molecule has 0 saturated heterocycles. The average molecular weight is 393 g/mol. The van der Waals surface area contributed by atoms with Crippen molar-refractivity contribution in [3.8, 4) is 5.75 Å². The van der Waals surface area contributed by atoms with Gasteiger partial charge in [0.15, 0.2) is 6.61 Å². The standard InChI is InChI=1S/C23H23NO5/c1-13-16(23(26)27)9-10-19-17-7-4-8-18(17)22(24-21(13)19)14-5-3-6-15(11-14)29-12-20(25)28-2/h3-7,9-11,17-18,22,24H,8,12H2,1-2H3,(H,26,27)/t17-,18+,22+/m1/s1. The van der Waals surface area contributed by atoms with Gasteiger partial charge in [0.1, 0.15) is 5.75 Å². The summed E-state index contributed by atoms with van der Waals surface area (Å²) >= 11 is 0. The summed E-state index contributed by atoms with van der Waals surface area (Å²) in [5.74, 6) is -0.201. The molecule has 0 amide bonds. The Morgan fingerprint density at radius 1 is 1.24 bits per heavy atom. The molecule has 2 N–H and O–H groups in total. The zero-order valence-electron chi connectivity index (χ0n) is 16.3. The van der Waals surface area contributed by atoms with Crippen molar-refractivity contribution in [2.75, 3.05) is 19.0 Å². The van der Waals surface area contributed by atoms with Crippen LogP contribution in [0.2, 0.25) is 0 Å². The van der Waals surface area contributed by atoms with E-state index >= 15 is 0 Å². The number of anilines is 1. The van der Waals surface area contributed by atoms with Gasteiger partial charge >= 0.3 is 11.9 Å². The molecule has 6 nitrogen and oxygen atoms in total. The van der Waals surface area contributed by atoms with Crippen LogP contribution in [0.25, 0.3) is 0 Å². The number of rotatable bonds is 5. The second-order valence-corrected chi connectivity index (χ2v) is 7.42. The molecule has 2 aromatic rings. The van der Waals surface area contributed by atoms with Gasteiger partial charge in [-0.2, -0.15) is 0 Å². The van der Waals surface area contributed by atoms with Crippen molar-refractivity contribution in [2.24, 2.45) is 5.92 Å². The molecule has 0 spiro atoms. The van der Waals surface area contributed by atoms with E-state index < -0.39 is 11.9 Å². The minimum atomic E-state index is -0.925. The quantitative estimate of drug-likeness (QED) is 0.588. The van der Waals surface area contributed by atoms with E-state index in [-0.39, 0.29) is 18.6 Å². The molecule has 4 rings (SSSR count). The molecule has 2 aliphatic rings. The predicted octanol–water partition coefficient (Wildman–Crippen LogP) is 4.07. The van der Waals surface area contributed by atoms with E-state index in [1.165, 1.54) is 7.11 Å². The van der Waals surface area contributed by atoms with Crippen molar-refractivity contribution in [3.05, 3.63) is 70.8 Å². The van der Waals surface area contributed by atoms with Crippen LogP contribution in [-0.4, -0.2) is 30.8 Å². The largest absolute Gasteiger partial charge is 0.482 e. The topological polar surface area (TPSA) is 84.9 Å². The summed E-state index contributed by atoms with van der Waals surface area (Å²) in [6.07, 6.45) is 5.35. The molecule has 1 aliphatic carbocycles. The maximum absolute atomic E-state index is 11.6. The van der Waals surface area contributed by atoms with E-state index in [4.69, 9.17) is 4.74 Å². The van der Waals surface area contributed by atoms with Crippen LogP contribution < -0.4 is 10.1 Å². The van der Waals surface area contributed by atoms with Gasteiger partial charge in [0, 0.05) is 11.6 Å². The number of carbonyl (C=O) groups excluding carboxylic acids is 1. The molecule has 1 heterocycles. The van der Waals surface area contributed by atoms with Crippen LogP contribution in [0.15, 0.2) is 48.6 Å². The monoisotopic (exact) mass is 393 g/mol. The predicted molar refractivity (Wildman–Crippen MR) is 108 cm³/mol. The Labute approximate surface area is 169 Å². The van der Waals surface area contributed by atoms with Crippen molar-refractivity contribution in [3.63, 3.8) is 0 Å². The molecule has 29 heavy (non-hydrogen) atoms. The Hall–Kier alpha value is -3.28. The number of carboxylic acid groups (broad SMARTS) is 1. The molecule has 6 heteroatoms. The average Bonchev–Trinajstić information content (AvgIpc) is 3.22. The van der Waals surface area contributed by atoms with Crippen LogP contribution in [0.4, 0.5) is 5.69 Å². The van der Waals surface area contributed by atoms with E-state index in [9.17, 15) is 14.7 Å². The molecule has 0 unspecified atom stereocenters. The van der Waals surface area contributed by atoms with Crippen LogP contribution in [0.5, 0.6) is 5.75 Å². The Kier molecular flexibility index (Phi) is 5.01. The lowest BCUT2D eigenvalue weighted by atomic mass is 9.76. The number of carbonyl (C=O) groups is 2. The lowest BCUT2D eigenvalue weighted by Gasteiger charge is -2.38. The Morgan fingerprint density at radius 3 is 2.83 bits per heavy atom. The zero-order chi connectivity index (χ0) is 20.5. The number of methoxy groups -OCH3 is 1. The first kappa shape index (κ1) is 19.1. The highest BCUT2D eigenvalue weighted by molar-refractivity contribution is 5.92. The van der Waals surface area contributed by atoms with Gasteiger partial charge in [-0.3, -0.25) is 0 Å². The van der Waals surface area contributed by atoms with E-state index in [0.29, 0.717) is 17.2 Å². The van der Waals surface area contributed by atoms with Crippen LogP contribution in [0, 0.1) is 12.8 Å². The van der Waals surface area contributed by atoms with Gasteiger partial charge < -0.3 is 19.9 Å². The SMILES string of the molecule is COC(=O)COc1cccc([C@@H]2Nc3c(ccc(C(=O)O)c3C)[C@@H]3C=CC[C@@H]32)c1. The number of benzene rings is 2. The van der Waals surface area contributed by atoms with Crippen molar-refractivity contribution < 1.29 is 24.2 Å². The number of esters is 1. The van der Waals surface area contributed by atoms with Crippen molar-refractivity contribution in [1.29, 1.82) is 0 Å². The minimum Gasteiger partial charge on any atom is -0.482 e. The van der Waals surface area contributed by atoms with Gasteiger partial charge in [0.05, 0.1) is 18.7 Å². The fourth-order valence-corrected chi connectivity index (χ4v) is 4.38. The molecule has 150 valence electrons. The van der Waals surface area contributed by atoms with Gasteiger partial charge in [-0.05, 0) is 54.2 Å². The molecule has 0 radical (unpaired) electrons. The Bertz CT molecular complexity index is 997. The second-order valence-electron chi connectivity index (χ2n) is 7.42. The summed E-state index contributed by atoms with van der Waals surface area (Å²) in [6, 6.07) is 11.3. The van der Waals surface area contributed by atoms with E-state index in [2.05, 4.69) is 22.2 Å². The summed E-state index contributed by atoms with van der Waals surface area (Å²) in [5, 5.41) is 13.1. The molecule has 2 aromatic carbocycles. The molecular formula is C23H23NO5. The fourth-order valence-electron chi connectivity index (χ4n) is 4.38. The lowest BCUT2D eigenvalue weighted by Crippen LogP contribution is -2.30. The van der Waals surface area contributed by atoms with Crippen LogP contribution >= 0.6 is 0 Å². The molecule has 0 saturated carbocycles. The summed E-state index contributed by atoms with van der Waals surface area (Å²) in [5.41, 5.74) is 4.13. The number of carboxylic acids is 1. The van der Waals surface area contributed by atoms with Crippen molar-refractivity contribution in [2.45, 2.75) is 25.3 Å². The number of aromatic carboxylic acids is 1. The van der Waals surface area contributed by atoms with E-state index in [0.717, 1.165) is 28.8 Å². The first-order valence-corrected chi connectivity index (χ1v) is 9.59. The summed E-state index contributed by atoms with van der Waals surface area (Å²) < 4.78 is 10.2. The number of hydrogen-bond donors (Lipinski definition) is 2. The first-order valence-electron chi connectivity index (χ1n) is 9.59. The summed E-state index contributed by atoms with van der Waals surface area (Å²) in [7, 11) is 1.33. The summed E-state index contributed by atoms with van der Waals surface area (Å²) in [6.45, 7) is 1.71. The van der Waals surface area contributed by atoms with E-state index in [1.807, 2.05) is 31.2 Å². The van der Waals surface area contributed by atoms with Crippen LogP contribution in [0.3, 0.4) is 0 Å². The van der Waals surface area contributed by atoms with Crippen LogP contribution in [-0.2, 0) is 9.53 Å². The Morgan fingerprint density at radius 2 is 2.07 bits per heavy atom.